The Kier molecular flexibility index (Phi) is 4.13. The molecule has 2 N–H and O–H groups in total. The van der Waals surface area contributed by atoms with Crippen LogP contribution in [-0.2, 0) is 16.6 Å². The minimum Gasteiger partial charge on any atom is -0.316 e. The number of rotatable bonds is 5. The average Bonchev–Trinajstić information content (AvgIpc) is 2.84. The summed E-state index contributed by atoms with van der Waals surface area (Å²) >= 11 is 1.14. The summed E-state index contributed by atoms with van der Waals surface area (Å²) in [6.45, 7) is 2.41. The first-order chi connectivity index (χ1) is 9.04. The summed E-state index contributed by atoms with van der Waals surface area (Å²) in [5.74, 6) is 0. The lowest BCUT2D eigenvalue weighted by Gasteiger charge is -2.11. The number of nitrogens with zero attached hydrogens (tertiary/aromatic N) is 2. The summed E-state index contributed by atoms with van der Waals surface area (Å²) in [6, 6.07) is 5.21. The SMILES string of the molecule is CNCc1cccc(S(=O)(=O)Nc2nncs2)c1C. The molecule has 0 aliphatic heterocycles. The van der Waals surface area contributed by atoms with Gasteiger partial charge in [-0.3, -0.25) is 4.72 Å². The van der Waals surface area contributed by atoms with Gasteiger partial charge >= 0.3 is 0 Å². The van der Waals surface area contributed by atoms with Crippen LogP contribution in [0.1, 0.15) is 11.1 Å². The first-order valence-corrected chi connectivity index (χ1v) is 7.93. The second kappa shape index (κ2) is 5.64. The Morgan fingerprint density at radius 3 is 2.79 bits per heavy atom. The molecule has 0 fully saturated rings. The van der Waals surface area contributed by atoms with E-state index in [1.54, 1.807) is 19.1 Å². The van der Waals surface area contributed by atoms with Gasteiger partial charge in [-0.1, -0.05) is 23.5 Å². The molecule has 1 heterocycles. The summed E-state index contributed by atoms with van der Waals surface area (Å²) in [7, 11) is -1.81. The molecular weight excluding hydrogens is 284 g/mol. The van der Waals surface area contributed by atoms with Crippen LogP contribution >= 0.6 is 11.3 Å². The number of sulfonamides is 1. The molecule has 6 nitrogen and oxygen atoms in total. The number of anilines is 1. The molecule has 19 heavy (non-hydrogen) atoms. The number of aromatic nitrogens is 2. The molecule has 1 aromatic carbocycles. The molecule has 0 amide bonds. The maximum absolute atomic E-state index is 12.3. The fourth-order valence-electron chi connectivity index (χ4n) is 1.72. The van der Waals surface area contributed by atoms with Crippen molar-refractivity contribution in [3.8, 4) is 0 Å². The van der Waals surface area contributed by atoms with Crippen LogP contribution in [0.4, 0.5) is 5.13 Å². The van der Waals surface area contributed by atoms with Crippen molar-refractivity contribution in [2.75, 3.05) is 11.8 Å². The van der Waals surface area contributed by atoms with E-state index in [0.29, 0.717) is 6.54 Å². The highest BCUT2D eigenvalue weighted by atomic mass is 32.2. The van der Waals surface area contributed by atoms with Crippen LogP contribution in [0, 0.1) is 6.92 Å². The molecular formula is C11H14N4O2S2. The first-order valence-electron chi connectivity index (χ1n) is 5.56. The van der Waals surface area contributed by atoms with E-state index in [4.69, 9.17) is 0 Å². The van der Waals surface area contributed by atoms with Crippen LogP contribution in [-0.4, -0.2) is 25.7 Å². The van der Waals surface area contributed by atoms with Gasteiger partial charge in [0.15, 0.2) is 0 Å². The summed E-state index contributed by atoms with van der Waals surface area (Å²) in [5.41, 5.74) is 3.15. The lowest BCUT2D eigenvalue weighted by atomic mass is 10.1. The number of hydrogen-bond donors (Lipinski definition) is 2. The molecule has 0 spiro atoms. The first kappa shape index (κ1) is 13.9. The van der Waals surface area contributed by atoms with E-state index >= 15 is 0 Å². The second-order valence-corrected chi connectivity index (χ2v) is 6.40. The van der Waals surface area contributed by atoms with Gasteiger partial charge in [0.05, 0.1) is 4.90 Å². The molecule has 0 bridgehead atoms. The molecule has 0 aliphatic carbocycles. The van der Waals surface area contributed by atoms with Crippen LogP contribution in [0.3, 0.4) is 0 Å². The van der Waals surface area contributed by atoms with E-state index in [0.717, 1.165) is 22.5 Å². The lowest BCUT2D eigenvalue weighted by molar-refractivity contribution is 0.600. The molecule has 0 aliphatic rings. The summed E-state index contributed by atoms with van der Waals surface area (Å²) < 4.78 is 27.0. The monoisotopic (exact) mass is 298 g/mol. The predicted molar refractivity (Wildman–Crippen MR) is 74.7 cm³/mol. The number of benzene rings is 1. The zero-order chi connectivity index (χ0) is 13.9. The molecule has 2 aromatic rings. The number of nitrogens with one attached hydrogen (secondary N) is 2. The van der Waals surface area contributed by atoms with Gasteiger partial charge in [0.1, 0.15) is 5.51 Å². The molecule has 102 valence electrons. The summed E-state index contributed by atoms with van der Waals surface area (Å²) in [5, 5.41) is 10.6. The van der Waals surface area contributed by atoms with Crippen molar-refractivity contribution in [1.29, 1.82) is 0 Å². The van der Waals surface area contributed by atoms with Crippen LogP contribution in [0.25, 0.3) is 0 Å². The molecule has 1 aromatic heterocycles. The summed E-state index contributed by atoms with van der Waals surface area (Å²) in [6.07, 6.45) is 0. The third-order valence-electron chi connectivity index (χ3n) is 2.63. The van der Waals surface area contributed by atoms with Crippen molar-refractivity contribution >= 4 is 26.5 Å². The molecule has 0 unspecified atom stereocenters. The standard InChI is InChI=1S/C11H14N4O2S2/c1-8-9(6-12-2)4-3-5-10(8)19(16,17)15-11-14-13-7-18-11/h3-5,7,12H,6H2,1-2H3,(H,14,15). The maximum atomic E-state index is 12.3. The third-order valence-corrected chi connectivity index (χ3v) is 4.85. The zero-order valence-corrected chi connectivity index (χ0v) is 12.2. The Morgan fingerprint density at radius 2 is 2.16 bits per heavy atom. The van der Waals surface area contributed by atoms with Crippen molar-refractivity contribution < 1.29 is 8.42 Å². The fourth-order valence-corrected chi connectivity index (χ4v) is 3.70. The van der Waals surface area contributed by atoms with E-state index in [-0.39, 0.29) is 10.0 Å². The molecule has 0 atom stereocenters. The average molecular weight is 298 g/mol. The van der Waals surface area contributed by atoms with Crippen molar-refractivity contribution in [2.45, 2.75) is 18.4 Å². The lowest BCUT2D eigenvalue weighted by Crippen LogP contribution is -2.16. The Bertz CT molecular complexity index is 653. The van der Waals surface area contributed by atoms with Gasteiger partial charge < -0.3 is 5.32 Å². The molecule has 0 saturated carbocycles. The van der Waals surface area contributed by atoms with Crippen LogP contribution in [0.15, 0.2) is 28.6 Å². The van der Waals surface area contributed by atoms with Gasteiger partial charge in [-0.05, 0) is 31.2 Å². The van der Waals surface area contributed by atoms with E-state index in [2.05, 4.69) is 20.2 Å². The smallest absolute Gasteiger partial charge is 0.263 e. The van der Waals surface area contributed by atoms with E-state index in [9.17, 15) is 8.42 Å². The van der Waals surface area contributed by atoms with Gasteiger partial charge in [-0.2, -0.15) is 0 Å². The highest BCUT2D eigenvalue weighted by molar-refractivity contribution is 7.93. The Balaban J connectivity index is 2.38. The molecule has 0 saturated heterocycles. The Hall–Kier alpha value is -1.51. The quantitative estimate of drug-likeness (QED) is 0.871. The van der Waals surface area contributed by atoms with Crippen LogP contribution < -0.4 is 10.0 Å². The van der Waals surface area contributed by atoms with Crippen molar-refractivity contribution in [1.82, 2.24) is 15.5 Å². The van der Waals surface area contributed by atoms with E-state index in [1.807, 2.05) is 13.1 Å². The van der Waals surface area contributed by atoms with E-state index in [1.165, 1.54) is 5.51 Å². The molecule has 8 heteroatoms. The number of hydrogen-bond acceptors (Lipinski definition) is 6. The zero-order valence-electron chi connectivity index (χ0n) is 10.5. The van der Waals surface area contributed by atoms with Gasteiger partial charge in [0.2, 0.25) is 5.13 Å². The van der Waals surface area contributed by atoms with Crippen molar-refractivity contribution in [3.63, 3.8) is 0 Å². The van der Waals surface area contributed by atoms with E-state index < -0.39 is 10.0 Å². The highest BCUT2D eigenvalue weighted by Gasteiger charge is 2.19. The van der Waals surface area contributed by atoms with Crippen molar-refractivity contribution in [3.05, 3.63) is 34.8 Å². The minimum atomic E-state index is -3.62. The molecule has 0 radical (unpaired) electrons. The van der Waals surface area contributed by atoms with Gasteiger partial charge in [-0.15, -0.1) is 10.2 Å². The normalized spacial score (nSPS) is 11.5. The summed E-state index contributed by atoms with van der Waals surface area (Å²) in [4.78, 5) is 0.260. The molecule has 2 rings (SSSR count). The minimum absolute atomic E-state index is 0.260. The van der Waals surface area contributed by atoms with Gasteiger partial charge in [0, 0.05) is 6.54 Å². The third kappa shape index (κ3) is 3.09. The Labute approximate surface area is 115 Å². The van der Waals surface area contributed by atoms with Crippen LogP contribution in [0.2, 0.25) is 0 Å². The topological polar surface area (TPSA) is 84.0 Å². The second-order valence-electron chi connectivity index (χ2n) is 3.92. The maximum Gasteiger partial charge on any atom is 0.263 e. The largest absolute Gasteiger partial charge is 0.316 e. The fraction of sp³-hybridized carbons (Fsp3) is 0.273. The predicted octanol–water partition coefficient (Wildman–Crippen LogP) is 1.37. The van der Waals surface area contributed by atoms with Gasteiger partial charge in [-0.25, -0.2) is 8.42 Å². The van der Waals surface area contributed by atoms with Gasteiger partial charge in [0.25, 0.3) is 10.0 Å². The van der Waals surface area contributed by atoms with Crippen LogP contribution in [0.5, 0.6) is 0 Å². The highest BCUT2D eigenvalue weighted by Crippen LogP contribution is 2.22. The Morgan fingerprint density at radius 1 is 1.37 bits per heavy atom. The van der Waals surface area contributed by atoms with Crippen molar-refractivity contribution in [2.24, 2.45) is 0 Å².